The minimum absolute atomic E-state index is 0.211. The van der Waals surface area contributed by atoms with Crippen LogP contribution in [0.1, 0.15) is 16.7 Å². The van der Waals surface area contributed by atoms with Crippen LogP contribution < -0.4 is 10.6 Å². The lowest BCUT2D eigenvalue weighted by Gasteiger charge is -2.05. The average Bonchev–Trinajstić information content (AvgIpc) is 2.51. The molecule has 0 spiro atoms. The van der Waals surface area contributed by atoms with Crippen LogP contribution in [-0.4, -0.2) is 12.6 Å². The monoisotopic (exact) mass is 314 g/mol. The van der Waals surface area contributed by atoms with Gasteiger partial charge in [0.2, 0.25) is 0 Å². The highest BCUT2D eigenvalue weighted by atomic mass is 35.5. The van der Waals surface area contributed by atoms with Gasteiger partial charge in [-0.1, -0.05) is 53.6 Å². The molecule has 0 saturated carbocycles. The summed E-state index contributed by atoms with van der Waals surface area (Å²) >= 11 is 5.81. The first-order chi connectivity index (χ1) is 10.6. The van der Waals surface area contributed by atoms with E-state index in [9.17, 15) is 4.79 Å². The number of aryl methyl sites for hydroxylation is 1. The fourth-order valence-corrected chi connectivity index (χ4v) is 2.04. The van der Waals surface area contributed by atoms with Crippen LogP contribution in [0.4, 0.5) is 4.79 Å². The fourth-order valence-electron chi connectivity index (χ4n) is 1.91. The van der Waals surface area contributed by atoms with E-state index in [2.05, 4.69) is 41.8 Å². The molecule has 4 heteroatoms. The lowest BCUT2D eigenvalue weighted by atomic mass is 10.1. The van der Waals surface area contributed by atoms with Crippen molar-refractivity contribution in [2.45, 2.75) is 13.3 Å². The predicted molar refractivity (Wildman–Crippen MR) is 91.9 cm³/mol. The van der Waals surface area contributed by atoms with Gasteiger partial charge >= 0.3 is 6.03 Å². The zero-order valence-electron chi connectivity index (χ0n) is 12.5. The largest absolute Gasteiger partial charge is 0.338 e. The molecule has 0 aliphatic heterocycles. The summed E-state index contributed by atoms with van der Waals surface area (Å²) in [5.41, 5.74) is 3.42. The molecule has 22 heavy (non-hydrogen) atoms. The van der Waals surface area contributed by atoms with Gasteiger partial charge in [-0.3, -0.25) is 0 Å². The van der Waals surface area contributed by atoms with E-state index >= 15 is 0 Å². The van der Waals surface area contributed by atoms with Crippen molar-refractivity contribution in [3.8, 4) is 0 Å². The van der Waals surface area contributed by atoms with Gasteiger partial charge in [0, 0.05) is 17.8 Å². The van der Waals surface area contributed by atoms with Crippen LogP contribution >= 0.6 is 11.6 Å². The van der Waals surface area contributed by atoms with Crippen molar-refractivity contribution in [3.63, 3.8) is 0 Å². The van der Waals surface area contributed by atoms with Gasteiger partial charge in [0.1, 0.15) is 0 Å². The number of urea groups is 1. The second-order valence-electron chi connectivity index (χ2n) is 5.02. The lowest BCUT2D eigenvalue weighted by molar-refractivity contribution is 0.244. The van der Waals surface area contributed by atoms with E-state index < -0.39 is 0 Å². The van der Waals surface area contributed by atoms with E-state index in [1.807, 2.05) is 30.3 Å². The quantitative estimate of drug-likeness (QED) is 0.854. The molecule has 0 fully saturated rings. The molecule has 0 radical (unpaired) electrons. The average molecular weight is 315 g/mol. The molecule has 2 aromatic carbocycles. The van der Waals surface area contributed by atoms with Crippen molar-refractivity contribution in [1.82, 2.24) is 10.6 Å². The third-order valence-corrected chi connectivity index (χ3v) is 3.43. The normalized spacial score (nSPS) is 10.6. The van der Waals surface area contributed by atoms with Crippen LogP contribution in [0.25, 0.3) is 6.08 Å². The number of hydrogen-bond donors (Lipinski definition) is 2. The van der Waals surface area contributed by atoms with Crippen LogP contribution in [0.3, 0.4) is 0 Å². The van der Waals surface area contributed by atoms with E-state index in [-0.39, 0.29) is 6.03 Å². The first kappa shape index (κ1) is 16.1. The molecule has 3 nitrogen and oxygen atoms in total. The molecule has 0 atom stereocenters. The molecule has 0 aliphatic carbocycles. The van der Waals surface area contributed by atoms with E-state index in [1.165, 1.54) is 11.1 Å². The van der Waals surface area contributed by atoms with E-state index in [4.69, 9.17) is 11.6 Å². The molecule has 114 valence electrons. The van der Waals surface area contributed by atoms with Crippen LogP contribution in [0.2, 0.25) is 5.02 Å². The van der Waals surface area contributed by atoms with Crippen LogP contribution in [-0.2, 0) is 6.42 Å². The molecule has 0 aromatic heterocycles. The number of hydrogen-bond acceptors (Lipinski definition) is 1. The van der Waals surface area contributed by atoms with E-state index in [1.54, 1.807) is 6.20 Å². The van der Waals surface area contributed by atoms with Crippen molar-refractivity contribution in [1.29, 1.82) is 0 Å². The molecule has 0 bridgehead atoms. The first-order valence-electron chi connectivity index (χ1n) is 7.15. The second kappa shape index (κ2) is 8.25. The Balaban J connectivity index is 1.69. The Bertz CT molecular complexity index is 633. The summed E-state index contributed by atoms with van der Waals surface area (Å²) in [4.78, 5) is 11.6. The highest BCUT2D eigenvalue weighted by Gasteiger charge is 1.97. The zero-order valence-corrected chi connectivity index (χ0v) is 13.2. The molecule has 2 amide bonds. The molecular formula is C18H19ClN2O. The van der Waals surface area contributed by atoms with Crippen LogP contribution in [0.5, 0.6) is 0 Å². The van der Waals surface area contributed by atoms with E-state index in [0.29, 0.717) is 11.6 Å². The Morgan fingerprint density at radius 3 is 2.45 bits per heavy atom. The maximum absolute atomic E-state index is 11.6. The minimum Gasteiger partial charge on any atom is -0.338 e. The Morgan fingerprint density at radius 1 is 1.09 bits per heavy atom. The smallest absolute Gasteiger partial charge is 0.318 e. The highest BCUT2D eigenvalue weighted by molar-refractivity contribution is 6.30. The SMILES string of the molecule is Cc1ccc(CCNC(=O)N/C=C/c2ccc(Cl)cc2)cc1. The van der Waals surface area contributed by atoms with Crippen LogP contribution in [0.15, 0.2) is 54.7 Å². The van der Waals surface area contributed by atoms with Crippen molar-refractivity contribution in [2.75, 3.05) is 6.54 Å². The number of halogens is 1. The number of benzene rings is 2. The summed E-state index contributed by atoms with van der Waals surface area (Å²) in [6.07, 6.45) is 4.24. The number of amides is 2. The Labute approximate surface area is 136 Å². The topological polar surface area (TPSA) is 41.1 Å². The Hall–Kier alpha value is -2.26. The maximum Gasteiger partial charge on any atom is 0.318 e. The first-order valence-corrected chi connectivity index (χ1v) is 7.53. The van der Waals surface area contributed by atoms with Gasteiger partial charge < -0.3 is 10.6 Å². The molecule has 2 aromatic rings. The highest BCUT2D eigenvalue weighted by Crippen LogP contribution is 2.10. The van der Waals surface area contributed by atoms with Gasteiger partial charge in [0.05, 0.1) is 0 Å². The summed E-state index contributed by atoms with van der Waals surface area (Å²) in [7, 11) is 0. The summed E-state index contributed by atoms with van der Waals surface area (Å²) in [5, 5.41) is 6.19. The van der Waals surface area contributed by atoms with Gasteiger partial charge in [-0.25, -0.2) is 4.79 Å². The second-order valence-corrected chi connectivity index (χ2v) is 5.46. The standard InChI is InChI=1S/C18H19ClN2O/c1-14-2-4-15(5-3-14)10-12-20-18(22)21-13-11-16-6-8-17(19)9-7-16/h2-9,11,13H,10,12H2,1H3,(H2,20,21,22)/b13-11+. The number of nitrogens with one attached hydrogen (secondary N) is 2. The minimum atomic E-state index is -0.211. The molecule has 0 aliphatic rings. The van der Waals surface area contributed by atoms with Gasteiger partial charge in [-0.15, -0.1) is 0 Å². The predicted octanol–water partition coefficient (Wildman–Crippen LogP) is 4.16. The third-order valence-electron chi connectivity index (χ3n) is 3.18. The Kier molecular flexibility index (Phi) is 6.04. The zero-order chi connectivity index (χ0) is 15.8. The fraction of sp³-hybridized carbons (Fsp3) is 0.167. The summed E-state index contributed by atoms with van der Waals surface area (Å²) < 4.78 is 0. The van der Waals surface area contributed by atoms with Gasteiger partial charge in [-0.05, 0) is 42.7 Å². The molecule has 2 rings (SSSR count). The van der Waals surface area contributed by atoms with Crippen molar-refractivity contribution in [3.05, 3.63) is 76.4 Å². The maximum atomic E-state index is 11.6. The summed E-state index contributed by atoms with van der Waals surface area (Å²) in [5.74, 6) is 0. The van der Waals surface area contributed by atoms with Crippen molar-refractivity contribution < 1.29 is 4.79 Å². The van der Waals surface area contributed by atoms with Gasteiger partial charge in [-0.2, -0.15) is 0 Å². The van der Waals surface area contributed by atoms with Crippen molar-refractivity contribution >= 4 is 23.7 Å². The number of carbonyl (C=O) groups is 1. The summed E-state index contributed by atoms with van der Waals surface area (Å²) in [6, 6.07) is 15.5. The number of rotatable bonds is 5. The molecular weight excluding hydrogens is 296 g/mol. The van der Waals surface area contributed by atoms with E-state index in [0.717, 1.165) is 12.0 Å². The van der Waals surface area contributed by atoms with Crippen LogP contribution in [0, 0.1) is 6.92 Å². The lowest BCUT2D eigenvalue weighted by Crippen LogP contribution is -2.33. The van der Waals surface area contributed by atoms with Gasteiger partial charge in [0.15, 0.2) is 0 Å². The molecule has 0 heterocycles. The molecule has 0 saturated heterocycles. The summed E-state index contributed by atoms with van der Waals surface area (Å²) in [6.45, 7) is 2.66. The Morgan fingerprint density at radius 2 is 1.77 bits per heavy atom. The van der Waals surface area contributed by atoms with Crippen molar-refractivity contribution in [2.24, 2.45) is 0 Å². The third kappa shape index (κ3) is 5.62. The molecule has 2 N–H and O–H groups in total. The number of carbonyl (C=O) groups excluding carboxylic acids is 1. The van der Waals surface area contributed by atoms with Gasteiger partial charge in [0.25, 0.3) is 0 Å². The molecule has 0 unspecified atom stereocenters.